The van der Waals surface area contributed by atoms with Gasteiger partial charge in [0.15, 0.2) is 17.3 Å². The summed E-state index contributed by atoms with van der Waals surface area (Å²) in [5, 5.41) is 7.94. The Bertz CT molecular complexity index is 1230. The van der Waals surface area contributed by atoms with Crippen LogP contribution in [-0.2, 0) is 4.79 Å². The van der Waals surface area contributed by atoms with Gasteiger partial charge in [0.25, 0.3) is 0 Å². The first-order valence-corrected chi connectivity index (χ1v) is 10.5. The zero-order valence-corrected chi connectivity index (χ0v) is 18.9. The zero-order chi connectivity index (χ0) is 23.0. The molecule has 166 valence electrons. The number of hydrogen-bond donors (Lipinski definition) is 2. The first kappa shape index (κ1) is 21.4. The predicted molar refractivity (Wildman–Crippen MR) is 123 cm³/mol. The smallest absolute Gasteiger partial charge is 0.248 e. The molecule has 32 heavy (non-hydrogen) atoms. The van der Waals surface area contributed by atoms with Crippen LogP contribution in [0.3, 0.4) is 0 Å². The Labute approximate surface area is 187 Å². The van der Waals surface area contributed by atoms with Crippen molar-refractivity contribution in [2.24, 2.45) is 5.73 Å². The van der Waals surface area contributed by atoms with Gasteiger partial charge in [-0.2, -0.15) is 4.98 Å². The van der Waals surface area contributed by atoms with Gasteiger partial charge in [-0.05, 0) is 62.6 Å². The first-order chi connectivity index (χ1) is 15.3. The van der Waals surface area contributed by atoms with E-state index in [4.69, 9.17) is 25.3 Å². The normalized spacial score (nSPS) is 15.2. The number of carbonyl (C=O) groups excluding carboxylic acids is 1. The van der Waals surface area contributed by atoms with E-state index in [1.807, 2.05) is 44.2 Å². The molecular weight excluding hydrogens is 406 g/mol. The third kappa shape index (κ3) is 3.68. The summed E-state index contributed by atoms with van der Waals surface area (Å²) in [6, 6.07) is 11.1. The molecule has 1 atom stereocenters. The highest BCUT2D eigenvalue weighted by Crippen LogP contribution is 2.39. The Hall–Kier alpha value is -3.81. The molecule has 3 N–H and O–H groups in total. The molecule has 0 saturated carbocycles. The Morgan fingerprint density at radius 1 is 1.12 bits per heavy atom. The summed E-state index contributed by atoms with van der Waals surface area (Å²) in [6.45, 7) is 8.36. The molecule has 0 bridgehead atoms. The number of benzene rings is 2. The molecule has 4 rings (SSSR count). The minimum absolute atomic E-state index is 0.417. The predicted octanol–water partition coefficient (Wildman–Crippen LogP) is 3.74. The lowest BCUT2D eigenvalue weighted by atomic mass is 9.95. The molecule has 1 aliphatic heterocycles. The van der Waals surface area contributed by atoms with Crippen LogP contribution in [0, 0.1) is 13.8 Å². The fourth-order valence-electron chi connectivity index (χ4n) is 3.91. The van der Waals surface area contributed by atoms with E-state index in [1.165, 1.54) is 5.56 Å². The third-order valence-electron chi connectivity index (χ3n) is 5.69. The lowest BCUT2D eigenvalue weighted by Crippen LogP contribution is -2.31. The van der Waals surface area contributed by atoms with Gasteiger partial charge >= 0.3 is 0 Å². The summed E-state index contributed by atoms with van der Waals surface area (Å²) in [6.07, 6.45) is 0. The standard InChI is InChI=1S/C24H27N5O3/c1-6-32-18-10-9-16(12-19(18)31-5)21-20(22(25)30)15(4)26-24-27-23(28-29(21)24)17-8-7-13(2)14(3)11-17/h7-12,21H,6H2,1-5H3,(H2,25,30)(H,26,27,28). The van der Waals surface area contributed by atoms with Crippen molar-refractivity contribution in [2.45, 2.75) is 33.7 Å². The second-order valence-electron chi connectivity index (χ2n) is 7.78. The fraction of sp³-hybridized carbons (Fsp3) is 0.292. The van der Waals surface area contributed by atoms with Crippen molar-refractivity contribution >= 4 is 11.9 Å². The number of allylic oxidation sites excluding steroid dienone is 1. The van der Waals surface area contributed by atoms with Gasteiger partial charge in [0, 0.05) is 11.3 Å². The van der Waals surface area contributed by atoms with Gasteiger partial charge in [0.05, 0.1) is 19.3 Å². The maximum atomic E-state index is 12.4. The molecular formula is C24H27N5O3. The van der Waals surface area contributed by atoms with E-state index in [1.54, 1.807) is 11.8 Å². The van der Waals surface area contributed by atoms with Crippen LogP contribution < -0.4 is 20.5 Å². The molecule has 0 fully saturated rings. The lowest BCUT2D eigenvalue weighted by Gasteiger charge is -2.28. The van der Waals surface area contributed by atoms with Crippen molar-refractivity contribution in [3.8, 4) is 22.9 Å². The number of amides is 1. The molecule has 0 spiro atoms. The average Bonchev–Trinajstić information content (AvgIpc) is 3.18. The van der Waals surface area contributed by atoms with Gasteiger partial charge in [-0.15, -0.1) is 5.10 Å². The molecule has 0 radical (unpaired) electrons. The number of fused-ring (bicyclic) bond motifs is 1. The molecule has 1 unspecified atom stereocenters. The molecule has 2 heterocycles. The number of methoxy groups -OCH3 is 1. The number of ether oxygens (including phenoxy) is 2. The number of nitrogens with two attached hydrogens (primary N) is 1. The number of aryl methyl sites for hydroxylation is 2. The summed E-state index contributed by atoms with van der Waals surface area (Å²) in [7, 11) is 1.58. The quantitative estimate of drug-likeness (QED) is 0.614. The van der Waals surface area contributed by atoms with E-state index in [0.717, 1.165) is 16.7 Å². The number of hydrogen-bond acceptors (Lipinski definition) is 6. The summed E-state index contributed by atoms with van der Waals surface area (Å²) in [5.74, 6) is 1.78. The molecule has 1 aromatic heterocycles. The summed E-state index contributed by atoms with van der Waals surface area (Å²) in [5.41, 5.74) is 10.9. The van der Waals surface area contributed by atoms with Crippen molar-refractivity contribution in [2.75, 3.05) is 19.0 Å². The van der Waals surface area contributed by atoms with Crippen LogP contribution in [0.5, 0.6) is 11.5 Å². The fourth-order valence-corrected chi connectivity index (χ4v) is 3.91. The van der Waals surface area contributed by atoms with E-state index in [2.05, 4.69) is 25.2 Å². The summed E-state index contributed by atoms with van der Waals surface area (Å²) >= 11 is 0. The largest absolute Gasteiger partial charge is 0.493 e. The van der Waals surface area contributed by atoms with Crippen molar-refractivity contribution in [1.82, 2.24) is 14.8 Å². The van der Waals surface area contributed by atoms with Crippen LogP contribution in [0.1, 0.15) is 36.6 Å². The van der Waals surface area contributed by atoms with E-state index < -0.39 is 11.9 Å². The number of nitrogens with one attached hydrogen (secondary N) is 1. The SMILES string of the molecule is CCOc1ccc(C2C(C(N)=O)=C(C)Nc3nc(-c4ccc(C)c(C)c4)nn32)cc1OC. The van der Waals surface area contributed by atoms with Crippen molar-refractivity contribution in [3.63, 3.8) is 0 Å². The van der Waals surface area contributed by atoms with E-state index in [0.29, 0.717) is 41.1 Å². The van der Waals surface area contributed by atoms with E-state index >= 15 is 0 Å². The molecule has 3 aromatic rings. The number of rotatable bonds is 6. The number of primary amides is 1. The third-order valence-corrected chi connectivity index (χ3v) is 5.69. The Kier molecular flexibility index (Phi) is 5.61. The second-order valence-corrected chi connectivity index (χ2v) is 7.78. The van der Waals surface area contributed by atoms with Crippen LogP contribution >= 0.6 is 0 Å². The zero-order valence-electron chi connectivity index (χ0n) is 18.9. The van der Waals surface area contributed by atoms with Crippen LogP contribution in [0.25, 0.3) is 11.4 Å². The number of carbonyl (C=O) groups is 1. The maximum absolute atomic E-state index is 12.4. The van der Waals surface area contributed by atoms with E-state index in [9.17, 15) is 4.79 Å². The topological polar surface area (TPSA) is 104 Å². The van der Waals surface area contributed by atoms with Gasteiger partial charge in [0.2, 0.25) is 11.9 Å². The Morgan fingerprint density at radius 3 is 2.56 bits per heavy atom. The first-order valence-electron chi connectivity index (χ1n) is 10.5. The Morgan fingerprint density at radius 2 is 1.91 bits per heavy atom. The average molecular weight is 434 g/mol. The second kappa shape index (κ2) is 8.37. The van der Waals surface area contributed by atoms with E-state index in [-0.39, 0.29) is 0 Å². The number of anilines is 1. The molecule has 0 saturated heterocycles. The summed E-state index contributed by atoms with van der Waals surface area (Å²) in [4.78, 5) is 17.1. The molecule has 8 heteroatoms. The van der Waals surface area contributed by atoms with Gasteiger partial charge in [0.1, 0.15) is 6.04 Å². The molecule has 1 aliphatic rings. The van der Waals surface area contributed by atoms with Crippen LogP contribution in [-0.4, -0.2) is 34.4 Å². The van der Waals surface area contributed by atoms with Gasteiger partial charge in [-0.3, -0.25) is 4.79 Å². The van der Waals surface area contributed by atoms with Gasteiger partial charge in [-0.1, -0.05) is 18.2 Å². The van der Waals surface area contributed by atoms with Crippen LogP contribution in [0.4, 0.5) is 5.95 Å². The number of nitrogens with zero attached hydrogens (tertiary/aromatic N) is 3. The molecule has 2 aromatic carbocycles. The van der Waals surface area contributed by atoms with Crippen LogP contribution in [0.15, 0.2) is 47.7 Å². The molecule has 1 amide bonds. The van der Waals surface area contributed by atoms with Gasteiger partial charge < -0.3 is 20.5 Å². The highest BCUT2D eigenvalue weighted by molar-refractivity contribution is 5.95. The minimum atomic E-state index is -0.555. The Balaban J connectivity index is 1.86. The number of aromatic nitrogens is 3. The highest BCUT2D eigenvalue weighted by atomic mass is 16.5. The maximum Gasteiger partial charge on any atom is 0.248 e. The lowest BCUT2D eigenvalue weighted by molar-refractivity contribution is -0.115. The van der Waals surface area contributed by atoms with Gasteiger partial charge in [-0.25, -0.2) is 4.68 Å². The summed E-state index contributed by atoms with van der Waals surface area (Å²) < 4.78 is 12.9. The van der Waals surface area contributed by atoms with Crippen molar-refractivity contribution in [1.29, 1.82) is 0 Å². The van der Waals surface area contributed by atoms with Crippen LogP contribution in [0.2, 0.25) is 0 Å². The highest BCUT2D eigenvalue weighted by Gasteiger charge is 2.34. The molecule has 0 aliphatic carbocycles. The monoisotopic (exact) mass is 433 g/mol. The van der Waals surface area contributed by atoms with Crippen molar-refractivity contribution < 1.29 is 14.3 Å². The minimum Gasteiger partial charge on any atom is -0.493 e. The molecule has 8 nitrogen and oxygen atoms in total. The van der Waals surface area contributed by atoms with Crippen molar-refractivity contribution in [3.05, 3.63) is 64.4 Å².